The summed E-state index contributed by atoms with van der Waals surface area (Å²) in [7, 11) is 0. The molecule has 130 valence electrons. The van der Waals surface area contributed by atoms with Crippen LogP contribution in [0.4, 0.5) is 5.69 Å². The van der Waals surface area contributed by atoms with Crippen LogP contribution in [-0.2, 0) is 9.59 Å². The fraction of sp³-hybridized carbons (Fsp3) is 0.611. The van der Waals surface area contributed by atoms with Gasteiger partial charge in [-0.15, -0.1) is 0 Å². The number of pyridine rings is 1. The van der Waals surface area contributed by atoms with Crippen molar-refractivity contribution >= 4 is 29.3 Å². The van der Waals surface area contributed by atoms with Crippen LogP contribution >= 0.6 is 11.8 Å². The van der Waals surface area contributed by atoms with E-state index in [1.54, 1.807) is 6.20 Å². The van der Waals surface area contributed by atoms with Crippen LogP contribution in [0.3, 0.4) is 0 Å². The number of hydrogen-bond acceptors (Lipinski definition) is 4. The van der Waals surface area contributed by atoms with Crippen LogP contribution in [0.5, 0.6) is 0 Å². The van der Waals surface area contributed by atoms with Crippen molar-refractivity contribution in [3.05, 3.63) is 18.3 Å². The molecule has 1 fully saturated rings. The zero-order valence-corrected chi connectivity index (χ0v) is 15.0. The highest BCUT2D eigenvalue weighted by Gasteiger charge is 2.35. The smallest absolute Gasteiger partial charge is 0.241 e. The van der Waals surface area contributed by atoms with E-state index < -0.39 is 0 Å². The van der Waals surface area contributed by atoms with E-state index in [1.807, 2.05) is 17.0 Å². The van der Waals surface area contributed by atoms with E-state index in [-0.39, 0.29) is 23.5 Å². The number of rotatable bonds is 6. The molecule has 1 aliphatic heterocycles. The average Bonchev–Trinajstić information content (AvgIpc) is 3.08. The van der Waals surface area contributed by atoms with Crippen LogP contribution in [0.1, 0.15) is 51.9 Å². The van der Waals surface area contributed by atoms with Gasteiger partial charge < -0.3 is 10.2 Å². The first-order valence-electron chi connectivity index (χ1n) is 8.91. The maximum Gasteiger partial charge on any atom is 0.241 e. The summed E-state index contributed by atoms with van der Waals surface area (Å²) in [4.78, 5) is 31.4. The van der Waals surface area contributed by atoms with Crippen molar-refractivity contribution in [2.45, 2.75) is 68.2 Å². The summed E-state index contributed by atoms with van der Waals surface area (Å²) < 4.78 is 0. The molecule has 0 bridgehead atoms. The van der Waals surface area contributed by atoms with Gasteiger partial charge >= 0.3 is 0 Å². The van der Waals surface area contributed by atoms with Gasteiger partial charge in [0.05, 0.1) is 10.9 Å². The SMILES string of the molecule is CCCCN1C(=O)C(CC(=O)NC2CCCC2)Sc2ncccc21. The molecule has 0 aromatic carbocycles. The summed E-state index contributed by atoms with van der Waals surface area (Å²) in [6.07, 6.45) is 8.45. The number of carbonyl (C=O) groups is 2. The van der Waals surface area contributed by atoms with Crippen LogP contribution in [0.25, 0.3) is 0 Å². The number of carbonyl (C=O) groups excluding carboxylic acids is 2. The summed E-state index contributed by atoms with van der Waals surface area (Å²) in [5.41, 5.74) is 0.883. The molecule has 1 aliphatic carbocycles. The molecule has 0 saturated heterocycles. The van der Waals surface area contributed by atoms with Crippen LogP contribution in [0.2, 0.25) is 0 Å². The van der Waals surface area contributed by atoms with Gasteiger partial charge in [-0.25, -0.2) is 4.98 Å². The molecule has 1 N–H and O–H groups in total. The zero-order chi connectivity index (χ0) is 16.9. The van der Waals surface area contributed by atoms with E-state index in [9.17, 15) is 9.59 Å². The lowest BCUT2D eigenvalue weighted by Gasteiger charge is -2.32. The van der Waals surface area contributed by atoms with Crippen LogP contribution < -0.4 is 10.2 Å². The van der Waals surface area contributed by atoms with Crippen molar-refractivity contribution < 1.29 is 9.59 Å². The van der Waals surface area contributed by atoms with Crippen molar-refractivity contribution in [3.63, 3.8) is 0 Å². The van der Waals surface area contributed by atoms with Crippen molar-refractivity contribution in [2.24, 2.45) is 0 Å². The first kappa shape index (κ1) is 17.3. The molecule has 5 nitrogen and oxygen atoms in total. The van der Waals surface area contributed by atoms with Gasteiger partial charge in [0.25, 0.3) is 0 Å². The minimum atomic E-state index is -0.370. The number of amides is 2. The van der Waals surface area contributed by atoms with E-state index >= 15 is 0 Å². The first-order valence-corrected chi connectivity index (χ1v) is 9.79. The lowest BCUT2D eigenvalue weighted by molar-refractivity contribution is -0.125. The molecule has 0 spiro atoms. The van der Waals surface area contributed by atoms with Gasteiger partial charge in [0, 0.05) is 25.2 Å². The number of aromatic nitrogens is 1. The Kier molecular flexibility index (Phi) is 5.76. The van der Waals surface area contributed by atoms with Crippen LogP contribution in [0.15, 0.2) is 23.4 Å². The van der Waals surface area contributed by atoms with Gasteiger partial charge in [-0.3, -0.25) is 9.59 Å². The lowest BCUT2D eigenvalue weighted by atomic mass is 10.2. The zero-order valence-electron chi connectivity index (χ0n) is 14.2. The summed E-state index contributed by atoms with van der Waals surface area (Å²) in [5.74, 6) is 0.0260. The molecule has 24 heavy (non-hydrogen) atoms. The standard InChI is InChI=1S/C18H25N3O2S/c1-2-3-11-21-14-9-6-10-19-17(14)24-15(18(21)23)12-16(22)20-13-7-4-5-8-13/h6,9-10,13,15H,2-5,7-8,11-12H2,1H3,(H,20,22). The Hall–Kier alpha value is -1.56. The molecular weight excluding hydrogens is 322 g/mol. The van der Waals surface area contributed by atoms with E-state index in [0.29, 0.717) is 12.6 Å². The fourth-order valence-electron chi connectivity index (χ4n) is 3.36. The molecule has 1 aromatic heterocycles. The summed E-state index contributed by atoms with van der Waals surface area (Å²) in [6, 6.07) is 4.10. The van der Waals surface area contributed by atoms with Gasteiger partial charge in [-0.05, 0) is 31.4 Å². The molecule has 0 radical (unpaired) electrons. The van der Waals surface area contributed by atoms with Crippen LogP contribution in [0, 0.1) is 0 Å². The Morgan fingerprint density at radius 2 is 2.21 bits per heavy atom. The van der Waals surface area contributed by atoms with Crippen molar-refractivity contribution in [2.75, 3.05) is 11.4 Å². The Morgan fingerprint density at radius 1 is 1.42 bits per heavy atom. The summed E-state index contributed by atoms with van der Waals surface area (Å²) in [6.45, 7) is 2.80. The molecule has 1 unspecified atom stereocenters. The second-order valence-corrected chi connectivity index (χ2v) is 7.72. The van der Waals surface area contributed by atoms with Gasteiger partial charge in [0.1, 0.15) is 5.03 Å². The molecule has 1 saturated carbocycles. The Labute approximate surface area is 147 Å². The number of unbranched alkanes of at least 4 members (excludes halogenated alkanes) is 1. The van der Waals surface area contributed by atoms with Crippen molar-refractivity contribution in [1.82, 2.24) is 10.3 Å². The Balaban J connectivity index is 1.69. The molecule has 3 rings (SSSR count). The van der Waals surface area contributed by atoms with E-state index in [0.717, 1.165) is 36.4 Å². The van der Waals surface area contributed by atoms with Gasteiger partial charge in [-0.1, -0.05) is 37.9 Å². The topological polar surface area (TPSA) is 62.3 Å². The van der Waals surface area contributed by atoms with E-state index in [4.69, 9.17) is 0 Å². The summed E-state index contributed by atoms with van der Waals surface area (Å²) in [5, 5.41) is 3.57. The number of hydrogen-bond donors (Lipinski definition) is 1. The number of fused-ring (bicyclic) bond motifs is 1. The third kappa shape index (κ3) is 3.91. The second kappa shape index (κ2) is 8.01. The lowest BCUT2D eigenvalue weighted by Crippen LogP contribution is -2.44. The molecule has 2 amide bonds. The predicted molar refractivity (Wildman–Crippen MR) is 96.2 cm³/mol. The minimum absolute atomic E-state index is 0.0115. The first-order chi connectivity index (χ1) is 11.7. The van der Waals surface area contributed by atoms with Gasteiger partial charge in [0.15, 0.2) is 0 Å². The van der Waals surface area contributed by atoms with Gasteiger partial charge in [-0.2, -0.15) is 0 Å². The largest absolute Gasteiger partial charge is 0.353 e. The molecular formula is C18H25N3O2S. The van der Waals surface area contributed by atoms with E-state index in [1.165, 1.54) is 24.6 Å². The highest BCUT2D eigenvalue weighted by molar-refractivity contribution is 8.00. The fourth-order valence-corrected chi connectivity index (χ4v) is 4.51. The van der Waals surface area contributed by atoms with Crippen molar-refractivity contribution in [3.8, 4) is 0 Å². The number of anilines is 1. The number of nitrogens with one attached hydrogen (secondary N) is 1. The Bertz CT molecular complexity index is 602. The summed E-state index contributed by atoms with van der Waals surface area (Å²) >= 11 is 1.43. The highest BCUT2D eigenvalue weighted by atomic mass is 32.2. The highest BCUT2D eigenvalue weighted by Crippen LogP contribution is 2.38. The third-order valence-corrected chi connectivity index (χ3v) is 5.85. The Morgan fingerprint density at radius 3 is 2.96 bits per heavy atom. The average molecular weight is 347 g/mol. The van der Waals surface area contributed by atoms with E-state index in [2.05, 4.69) is 17.2 Å². The van der Waals surface area contributed by atoms with Crippen LogP contribution in [-0.4, -0.2) is 34.6 Å². The molecule has 6 heteroatoms. The maximum absolute atomic E-state index is 12.9. The third-order valence-electron chi connectivity index (χ3n) is 4.66. The minimum Gasteiger partial charge on any atom is -0.353 e. The molecule has 2 aliphatic rings. The second-order valence-electron chi connectivity index (χ2n) is 6.53. The maximum atomic E-state index is 12.9. The monoisotopic (exact) mass is 347 g/mol. The molecule has 2 heterocycles. The predicted octanol–water partition coefficient (Wildman–Crippen LogP) is 3.14. The normalized spacial score (nSPS) is 21.0. The molecule has 1 aromatic rings. The molecule has 1 atom stereocenters. The van der Waals surface area contributed by atoms with Crippen molar-refractivity contribution in [1.29, 1.82) is 0 Å². The number of nitrogens with zero attached hydrogens (tertiary/aromatic N) is 2. The quantitative estimate of drug-likeness (QED) is 0.859. The van der Waals surface area contributed by atoms with Gasteiger partial charge in [0.2, 0.25) is 11.8 Å². The number of thioether (sulfide) groups is 1.